The van der Waals surface area contributed by atoms with Crippen molar-refractivity contribution in [2.24, 2.45) is 4.99 Å². The number of halogens is 1. The number of guanidine groups is 1. The molecule has 0 amide bonds. The molecule has 3 aromatic rings. The van der Waals surface area contributed by atoms with E-state index in [2.05, 4.69) is 75.6 Å². The van der Waals surface area contributed by atoms with Crippen LogP contribution < -0.4 is 5.32 Å². The van der Waals surface area contributed by atoms with Gasteiger partial charge in [0.15, 0.2) is 0 Å². The quantitative estimate of drug-likeness (QED) is 0.276. The van der Waals surface area contributed by atoms with Crippen molar-refractivity contribution in [2.45, 2.75) is 25.8 Å². The summed E-state index contributed by atoms with van der Waals surface area (Å²) in [5.74, 6) is 0.610. The zero-order valence-corrected chi connectivity index (χ0v) is 20.2. The fourth-order valence-corrected chi connectivity index (χ4v) is 4.59. The lowest BCUT2D eigenvalue weighted by atomic mass is 10.0. The number of nitriles is 1. The number of benzene rings is 3. The third-order valence-corrected chi connectivity index (χ3v) is 6.60. The first kappa shape index (κ1) is 23.8. The van der Waals surface area contributed by atoms with Gasteiger partial charge in [0, 0.05) is 30.3 Å². The van der Waals surface area contributed by atoms with Gasteiger partial charge in [0.2, 0.25) is 12.2 Å². The number of aliphatic imine (C=N–C) groups is 1. The first-order valence-electron chi connectivity index (χ1n) is 11.7. The predicted octanol–water partition coefficient (Wildman–Crippen LogP) is 5.89. The van der Waals surface area contributed by atoms with Crippen molar-refractivity contribution in [2.75, 3.05) is 31.5 Å². The molecule has 1 fully saturated rings. The lowest BCUT2D eigenvalue weighted by Crippen LogP contribution is -2.52. The number of nitrogens with zero attached hydrogens (tertiary/aromatic N) is 4. The van der Waals surface area contributed by atoms with Crippen molar-refractivity contribution in [1.29, 1.82) is 5.26 Å². The Balaban J connectivity index is 1.48. The Hall–Kier alpha value is -3.33. The molecule has 1 aliphatic heterocycles. The fraction of sp³-hybridized carbons (Fsp3) is 0.286. The molecular formula is C28H30ClN5. The van der Waals surface area contributed by atoms with Crippen LogP contribution in [0.15, 0.2) is 83.9 Å². The van der Waals surface area contributed by atoms with E-state index in [1.165, 1.54) is 11.1 Å². The molecule has 1 heterocycles. The van der Waals surface area contributed by atoms with Crippen LogP contribution in [0.5, 0.6) is 0 Å². The van der Waals surface area contributed by atoms with E-state index in [-0.39, 0.29) is 6.04 Å². The van der Waals surface area contributed by atoms with Gasteiger partial charge in [0.05, 0.1) is 6.04 Å². The van der Waals surface area contributed by atoms with Crippen LogP contribution in [0, 0.1) is 18.4 Å². The maximum absolute atomic E-state index is 9.37. The second kappa shape index (κ2) is 11.7. The van der Waals surface area contributed by atoms with Gasteiger partial charge >= 0.3 is 0 Å². The van der Waals surface area contributed by atoms with E-state index in [1.807, 2.05) is 36.5 Å². The maximum Gasteiger partial charge on any atom is 0.214 e. The van der Waals surface area contributed by atoms with E-state index < -0.39 is 0 Å². The molecule has 1 saturated heterocycles. The minimum absolute atomic E-state index is 0.225. The standard InChI is InChI=1S/C28H30ClN5/c1-22-8-5-6-12-26(22)32-28(31-21-30)34-19-18-33(27(20-34)24-10-3-2-4-11-24)17-7-9-23-13-15-25(29)16-14-23/h2-6,8,10-16,27H,7,9,17-20H2,1H3,(H,31,32). The lowest BCUT2D eigenvalue weighted by Gasteiger charge is -2.42. The third-order valence-electron chi connectivity index (χ3n) is 6.35. The number of nitrogens with one attached hydrogen (secondary N) is 1. The van der Waals surface area contributed by atoms with Gasteiger partial charge in [-0.25, -0.2) is 0 Å². The summed E-state index contributed by atoms with van der Waals surface area (Å²) in [6.07, 6.45) is 4.09. The molecule has 0 radical (unpaired) electrons. The highest BCUT2D eigenvalue weighted by molar-refractivity contribution is 6.30. The maximum atomic E-state index is 9.37. The second-order valence-corrected chi connectivity index (χ2v) is 9.05. The van der Waals surface area contributed by atoms with Crippen molar-refractivity contribution >= 4 is 23.2 Å². The van der Waals surface area contributed by atoms with Gasteiger partial charge in [-0.1, -0.05) is 72.3 Å². The molecule has 1 N–H and O–H groups in total. The normalized spacial score (nSPS) is 16.8. The van der Waals surface area contributed by atoms with Crippen molar-refractivity contribution in [1.82, 2.24) is 9.80 Å². The highest BCUT2D eigenvalue weighted by atomic mass is 35.5. The number of anilines is 1. The monoisotopic (exact) mass is 471 g/mol. The minimum Gasteiger partial charge on any atom is -0.339 e. The molecule has 5 nitrogen and oxygen atoms in total. The SMILES string of the molecule is Cc1ccccc1N/C(=N\C#N)N1CCN(CCCc2ccc(Cl)cc2)C(c2ccccc2)C1. The van der Waals surface area contributed by atoms with Crippen molar-refractivity contribution in [3.05, 3.63) is 101 Å². The number of rotatable bonds is 6. The zero-order valence-electron chi connectivity index (χ0n) is 19.5. The molecule has 1 aliphatic rings. The van der Waals surface area contributed by atoms with Gasteiger partial charge in [0.25, 0.3) is 0 Å². The summed E-state index contributed by atoms with van der Waals surface area (Å²) in [5.41, 5.74) is 4.68. The van der Waals surface area contributed by atoms with E-state index in [1.54, 1.807) is 0 Å². The molecule has 3 aromatic carbocycles. The molecule has 0 aliphatic carbocycles. The van der Waals surface area contributed by atoms with Gasteiger partial charge in [-0.2, -0.15) is 5.26 Å². The molecule has 1 unspecified atom stereocenters. The van der Waals surface area contributed by atoms with Crippen LogP contribution in [0.25, 0.3) is 0 Å². The molecule has 4 rings (SSSR count). The van der Waals surface area contributed by atoms with Crippen LogP contribution in [-0.2, 0) is 6.42 Å². The molecule has 0 aromatic heterocycles. The summed E-state index contributed by atoms with van der Waals surface area (Å²) in [6.45, 7) is 5.54. The summed E-state index contributed by atoms with van der Waals surface area (Å²) >= 11 is 6.03. The average molecular weight is 472 g/mol. The van der Waals surface area contributed by atoms with E-state index >= 15 is 0 Å². The van der Waals surface area contributed by atoms with E-state index in [9.17, 15) is 5.26 Å². The summed E-state index contributed by atoms with van der Waals surface area (Å²) in [4.78, 5) is 8.91. The molecule has 0 saturated carbocycles. The molecular weight excluding hydrogens is 442 g/mol. The van der Waals surface area contributed by atoms with Crippen molar-refractivity contribution in [3.63, 3.8) is 0 Å². The summed E-state index contributed by atoms with van der Waals surface area (Å²) in [6, 6.07) is 27.0. The summed E-state index contributed by atoms with van der Waals surface area (Å²) in [7, 11) is 0. The second-order valence-electron chi connectivity index (χ2n) is 8.61. The Bertz CT molecular complexity index is 1140. The van der Waals surface area contributed by atoms with E-state index in [0.717, 1.165) is 55.3 Å². The molecule has 0 spiro atoms. The molecule has 1 atom stereocenters. The molecule has 6 heteroatoms. The Labute approximate surface area is 207 Å². The Morgan fingerprint density at radius 1 is 1.03 bits per heavy atom. The fourth-order valence-electron chi connectivity index (χ4n) is 4.47. The van der Waals surface area contributed by atoms with E-state index in [0.29, 0.717) is 5.96 Å². The van der Waals surface area contributed by atoms with Crippen LogP contribution in [0.4, 0.5) is 5.69 Å². The Kier molecular flexibility index (Phi) is 8.19. The van der Waals surface area contributed by atoms with Crippen LogP contribution in [0.1, 0.15) is 29.2 Å². The van der Waals surface area contributed by atoms with Crippen molar-refractivity contribution in [3.8, 4) is 6.19 Å². The first-order valence-corrected chi connectivity index (χ1v) is 12.1. The average Bonchev–Trinajstić information content (AvgIpc) is 2.87. The minimum atomic E-state index is 0.225. The number of piperazine rings is 1. The van der Waals surface area contributed by atoms with Gasteiger partial charge in [-0.05, 0) is 61.2 Å². The van der Waals surface area contributed by atoms with Gasteiger partial charge < -0.3 is 10.2 Å². The number of hydrogen-bond donors (Lipinski definition) is 1. The number of aryl methyl sites for hydroxylation is 2. The Morgan fingerprint density at radius 2 is 1.76 bits per heavy atom. The third kappa shape index (κ3) is 6.17. The molecule has 174 valence electrons. The van der Waals surface area contributed by atoms with Gasteiger partial charge in [-0.3, -0.25) is 4.90 Å². The number of para-hydroxylation sites is 1. The van der Waals surface area contributed by atoms with Crippen molar-refractivity contribution < 1.29 is 0 Å². The largest absolute Gasteiger partial charge is 0.339 e. The van der Waals surface area contributed by atoms with Gasteiger partial charge in [0.1, 0.15) is 0 Å². The highest BCUT2D eigenvalue weighted by Gasteiger charge is 2.29. The predicted molar refractivity (Wildman–Crippen MR) is 140 cm³/mol. The van der Waals surface area contributed by atoms with Gasteiger partial charge in [-0.15, -0.1) is 4.99 Å². The lowest BCUT2D eigenvalue weighted by molar-refractivity contribution is 0.111. The topological polar surface area (TPSA) is 54.7 Å². The first-order chi connectivity index (χ1) is 16.6. The highest BCUT2D eigenvalue weighted by Crippen LogP contribution is 2.27. The Morgan fingerprint density at radius 3 is 2.50 bits per heavy atom. The zero-order chi connectivity index (χ0) is 23.8. The summed E-state index contributed by atoms with van der Waals surface area (Å²) in [5, 5.41) is 13.5. The smallest absolute Gasteiger partial charge is 0.214 e. The van der Waals surface area contributed by atoms with Crippen LogP contribution in [0.2, 0.25) is 5.02 Å². The van der Waals surface area contributed by atoms with Crippen LogP contribution in [-0.4, -0.2) is 41.9 Å². The summed E-state index contributed by atoms with van der Waals surface area (Å²) < 4.78 is 0. The molecule has 0 bridgehead atoms. The molecule has 34 heavy (non-hydrogen) atoms. The van der Waals surface area contributed by atoms with E-state index in [4.69, 9.17) is 11.6 Å². The number of hydrogen-bond acceptors (Lipinski definition) is 3. The van der Waals surface area contributed by atoms with Crippen LogP contribution in [0.3, 0.4) is 0 Å². The van der Waals surface area contributed by atoms with Crippen LogP contribution >= 0.6 is 11.6 Å².